The van der Waals surface area contributed by atoms with Crippen molar-refractivity contribution in [3.05, 3.63) is 6.33 Å². The van der Waals surface area contributed by atoms with Gasteiger partial charge in [0.05, 0.1) is 0 Å². The molecular formula is C10H18N6O. The van der Waals surface area contributed by atoms with Crippen LogP contribution in [0.5, 0.6) is 0 Å². The predicted molar refractivity (Wildman–Crippen MR) is 60.8 cm³/mol. The number of aryl methyl sites for hydroxylation is 1. The molecule has 1 aliphatic rings. The van der Waals surface area contributed by atoms with Gasteiger partial charge in [0, 0.05) is 25.0 Å². The van der Waals surface area contributed by atoms with Crippen molar-refractivity contribution in [3.63, 3.8) is 0 Å². The average Bonchev–Trinajstić information content (AvgIpc) is 2.90. The summed E-state index contributed by atoms with van der Waals surface area (Å²) >= 11 is 0. The highest BCUT2D eigenvalue weighted by Crippen LogP contribution is 2.17. The first-order valence-corrected chi connectivity index (χ1v) is 6.00. The van der Waals surface area contributed by atoms with E-state index in [9.17, 15) is 4.79 Å². The minimum Gasteiger partial charge on any atom is -0.353 e. The molecule has 1 aromatic heterocycles. The summed E-state index contributed by atoms with van der Waals surface area (Å²) in [6, 6.07) is 0.520. The molecule has 94 valence electrons. The van der Waals surface area contributed by atoms with Crippen molar-refractivity contribution < 1.29 is 4.79 Å². The maximum absolute atomic E-state index is 11.6. The predicted octanol–water partition coefficient (Wildman–Crippen LogP) is -0.551. The molecule has 7 heteroatoms. The van der Waals surface area contributed by atoms with Crippen LogP contribution in [0.3, 0.4) is 0 Å². The lowest BCUT2D eigenvalue weighted by molar-refractivity contribution is -0.121. The smallest absolute Gasteiger partial charge is 0.220 e. The van der Waals surface area contributed by atoms with Crippen LogP contribution in [0.1, 0.15) is 32.1 Å². The van der Waals surface area contributed by atoms with Crippen LogP contribution >= 0.6 is 0 Å². The van der Waals surface area contributed by atoms with Crippen molar-refractivity contribution in [2.24, 2.45) is 5.73 Å². The third kappa shape index (κ3) is 3.77. The standard InChI is InChI=1S/C10H18N6O/c11-8-3-4-9(6-8)13-10(17)2-1-5-16-7-12-14-15-16/h7-9H,1-6,11H2,(H,13,17)/t8-,9-/m1/s1. The molecule has 1 aliphatic carbocycles. The van der Waals surface area contributed by atoms with Gasteiger partial charge >= 0.3 is 0 Å². The van der Waals surface area contributed by atoms with Gasteiger partial charge < -0.3 is 11.1 Å². The number of carbonyl (C=O) groups is 1. The van der Waals surface area contributed by atoms with E-state index >= 15 is 0 Å². The highest BCUT2D eigenvalue weighted by molar-refractivity contribution is 5.76. The molecule has 0 saturated heterocycles. The second kappa shape index (κ2) is 5.72. The Kier molecular flexibility index (Phi) is 4.03. The normalized spacial score (nSPS) is 23.8. The van der Waals surface area contributed by atoms with Gasteiger partial charge in [-0.2, -0.15) is 0 Å². The van der Waals surface area contributed by atoms with Gasteiger partial charge in [0.2, 0.25) is 5.91 Å². The first-order chi connectivity index (χ1) is 8.24. The van der Waals surface area contributed by atoms with Crippen molar-refractivity contribution >= 4 is 5.91 Å². The van der Waals surface area contributed by atoms with Gasteiger partial charge in [0.15, 0.2) is 0 Å². The summed E-state index contributed by atoms with van der Waals surface area (Å²) < 4.78 is 1.62. The van der Waals surface area contributed by atoms with Gasteiger partial charge in [-0.15, -0.1) is 5.10 Å². The molecule has 0 aromatic carbocycles. The van der Waals surface area contributed by atoms with Gasteiger partial charge in [0.1, 0.15) is 6.33 Å². The summed E-state index contributed by atoms with van der Waals surface area (Å²) in [5, 5.41) is 13.8. The van der Waals surface area contributed by atoms with E-state index in [1.54, 1.807) is 11.0 Å². The topological polar surface area (TPSA) is 98.7 Å². The first-order valence-electron chi connectivity index (χ1n) is 6.00. The molecule has 2 rings (SSSR count). The minimum atomic E-state index is 0.0946. The van der Waals surface area contributed by atoms with E-state index in [0.29, 0.717) is 13.0 Å². The van der Waals surface area contributed by atoms with Crippen LogP contribution in [0.2, 0.25) is 0 Å². The summed E-state index contributed by atoms with van der Waals surface area (Å²) in [6.07, 6.45) is 5.71. The van der Waals surface area contributed by atoms with Crippen LogP contribution in [0, 0.1) is 0 Å². The molecule has 0 bridgehead atoms. The van der Waals surface area contributed by atoms with E-state index in [1.165, 1.54) is 0 Å². The van der Waals surface area contributed by atoms with Crippen molar-refractivity contribution in [2.45, 2.75) is 50.7 Å². The Hall–Kier alpha value is -1.50. The van der Waals surface area contributed by atoms with E-state index < -0.39 is 0 Å². The summed E-state index contributed by atoms with van der Waals surface area (Å²) in [5.74, 6) is 0.0946. The summed E-state index contributed by atoms with van der Waals surface area (Å²) in [4.78, 5) is 11.6. The summed E-state index contributed by atoms with van der Waals surface area (Å²) in [6.45, 7) is 0.671. The van der Waals surface area contributed by atoms with E-state index in [0.717, 1.165) is 25.7 Å². The van der Waals surface area contributed by atoms with Crippen LogP contribution in [0.4, 0.5) is 0 Å². The molecule has 1 aromatic rings. The zero-order valence-corrected chi connectivity index (χ0v) is 9.75. The van der Waals surface area contributed by atoms with Crippen LogP contribution < -0.4 is 11.1 Å². The number of aromatic nitrogens is 4. The lowest BCUT2D eigenvalue weighted by atomic mass is 10.2. The third-order valence-corrected chi connectivity index (χ3v) is 3.02. The Balaban J connectivity index is 1.61. The number of nitrogens with two attached hydrogens (primary N) is 1. The molecule has 17 heavy (non-hydrogen) atoms. The zero-order chi connectivity index (χ0) is 12.1. The van der Waals surface area contributed by atoms with E-state index in [1.807, 2.05) is 0 Å². The fraction of sp³-hybridized carbons (Fsp3) is 0.800. The fourth-order valence-electron chi connectivity index (χ4n) is 2.13. The second-order valence-electron chi connectivity index (χ2n) is 4.51. The van der Waals surface area contributed by atoms with Crippen LogP contribution in [0.15, 0.2) is 6.33 Å². The molecule has 0 aliphatic heterocycles. The van der Waals surface area contributed by atoms with E-state index in [4.69, 9.17) is 5.73 Å². The summed E-state index contributed by atoms with van der Waals surface area (Å²) in [5.41, 5.74) is 5.79. The van der Waals surface area contributed by atoms with Gasteiger partial charge in [-0.25, -0.2) is 4.68 Å². The Bertz CT molecular complexity index is 352. The minimum absolute atomic E-state index is 0.0946. The molecule has 1 heterocycles. The molecule has 1 amide bonds. The average molecular weight is 238 g/mol. The van der Waals surface area contributed by atoms with E-state index in [-0.39, 0.29) is 18.0 Å². The number of nitrogens with one attached hydrogen (secondary N) is 1. The molecule has 1 saturated carbocycles. The molecule has 7 nitrogen and oxygen atoms in total. The number of carbonyl (C=O) groups excluding carboxylic acids is 1. The maximum Gasteiger partial charge on any atom is 0.220 e. The largest absolute Gasteiger partial charge is 0.353 e. The Morgan fingerprint density at radius 3 is 3.06 bits per heavy atom. The number of hydrogen-bond acceptors (Lipinski definition) is 5. The fourth-order valence-corrected chi connectivity index (χ4v) is 2.13. The van der Waals surface area contributed by atoms with Crippen molar-refractivity contribution in [1.82, 2.24) is 25.5 Å². The molecule has 0 unspecified atom stereocenters. The molecule has 1 fully saturated rings. The number of nitrogens with zero attached hydrogens (tertiary/aromatic N) is 4. The van der Waals surface area contributed by atoms with Gasteiger partial charge in [0.25, 0.3) is 0 Å². The third-order valence-electron chi connectivity index (χ3n) is 3.02. The SMILES string of the molecule is N[C@@H]1CC[C@@H](NC(=O)CCCn2cnnn2)C1. The van der Waals surface area contributed by atoms with Gasteiger partial charge in [-0.05, 0) is 36.1 Å². The van der Waals surface area contributed by atoms with Crippen molar-refractivity contribution in [1.29, 1.82) is 0 Å². The highest BCUT2D eigenvalue weighted by atomic mass is 16.1. The Labute approximate surface area is 99.7 Å². The van der Waals surface area contributed by atoms with Crippen LogP contribution in [-0.2, 0) is 11.3 Å². The number of tetrazole rings is 1. The second-order valence-corrected chi connectivity index (χ2v) is 4.51. The number of amides is 1. The molecule has 2 atom stereocenters. The monoisotopic (exact) mass is 238 g/mol. The van der Waals surface area contributed by atoms with Crippen molar-refractivity contribution in [2.75, 3.05) is 0 Å². The van der Waals surface area contributed by atoms with Crippen LogP contribution in [0.25, 0.3) is 0 Å². The molecule has 3 N–H and O–H groups in total. The molecule has 0 radical (unpaired) electrons. The molecule has 0 spiro atoms. The van der Waals surface area contributed by atoms with E-state index in [2.05, 4.69) is 20.8 Å². The van der Waals surface area contributed by atoms with Gasteiger partial charge in [-0.3, -0.25) is 4.79 Å². The van der Waals surface area contributed by atoms with Gasteiger partial charge in [-0.1, -0.05) is 0 Å². The lowest BCUT2D eigenvalue weighted by Gasteiger charge is -2.12. The summed E-state index contributed by atoms with van der Waals surface area (Å²) in [7, 11) is 0. The lowest BCUT2D eigenvalue weighted by Crippen LogP contribution is -2.34. The van der Waals surface area contributed by atoms with Crippen LogP contribution in [-0.4, -0.2) is 38.2 Å². The molecular weight excluding hydrogens is 220 g/mol. The number of rotatable bonds is 5. The Morgan fingerprint density at radius 2 is 2.41 bits per heavy atom. The number of hydrogen-bond donors (Lipinski definition) is 2. The quantitative estimate of drug-likeness (QED) is 0.717. The maximum atomic E-state index is 11.6. The first kappa shape index (κ1) is 12.0. The van der Waals surface area contributed by atoms with Crippen molar-refractivity contribution in [3.8, 4) is 0 Å². The Morgan fingerprint density at radius 1 is 1.53 bits per heavy atom. The highest BCUT2D eigenvalue weighted by Gasteiger charge is 2.22. The zero-order valence-electron chi connectivity index (χ0n) is 9.75.